The van der Waals surface area contributed by atoms with Gasteiger partial charge in [0, 0.05) is 18.7 Å². The van der Waals surface area contributed by atoms with Crippen LogP contribution in [0.3, 0.4) is 0 Å². The molecular formula is C11H15F2NO3S. The van der Waals surface area contributed by atoms with E-state index in [1.807, 2.05) is 0 Å². The second-order valence-electron chi connectivity index (χ2n) is 3.96. The number of hydrogen-bond donors (Lipinski definition) is 2. The average Bonchev–Trinajstić information content (AvgIpc) is 2.25. The molecule has 0 saturated heterocycles. The van der Waals surface area contributed by atoms with Crippen molar-refractivity contribution in [3.8, 4) is 0 Å². The number of halogens is 2. The highest BCUT2D eigenvalue weighted by molar-refractivity contribution is 7.89. The van der Waals surface area contributed by atoms with Gasteiger partial charge in [0.05, 0.1) is 0 Å². The van der Waals surface area contributed by atoms with E-state index >= 15 is 0 Å². The maximum absolute atomic E-state index is 13.3. The fourth-order valence-electron chi connectivity index (χ4n) is 1.48. The predicted molar refractivity (Wildman–Crippen MR) is 62.5 cm³/mol. The Hall–Kier alpha value is -1.05. The van der Waals surface area contributed by atoms with Gasteiger partial charge in [-0.2, -0.15) is 0 Å². The van der Waals surface area contributed by atoms with Crippen molar-refractivity contribution in [1.82, 2.24) is 4.72 Å². The molecule has 1 atom stereocenters. The van der Waals surface area contributed by atoms with Crippen molar-refractivity contribution in [2.24, 2.45) is 0 Å². The molecule has 2 N–H and O–H groups in total. The smallest absolute Gasteiger partial charge is 0.243 e. The maximum Gasteiger partial charge on any atom is 0.243 e. The molecule has 0 radical (unpaired) electrons. The van der Waals surface area contributed by atoms with Crippen molar-refractivity contribution in [2.75, 3.05) is 6.61 Å². The molecule has 1 aromatic rings. The second kappa shape index (κ2) is 6.21. The van der Waals surface area contributed by atoms with Crippen LogP contribution in [0.4, 0.5) is 8.78 Å². The lowest BCUT2D eigenvalue weighted by Gasteiger charge is -2.14. The number of benzene rings is 1. The molecule has 0 aromatic heterocycles. The van der Waals surface area contributed by atoms with Gasteiger partial charge in [0.15, 0.2) is 0 Å². The van der Waals surface area contributed by atoms with E-state index in [2.05, 4.69) is 4.72 Å². The molecule has 0 bridgehead atoms. The summed E-state index contributed by atoms with van der Waals surface area (Å²) in [6.45, 7) is 1.56. The third kappa shape index (κ3) is 4.01. The highest BCUT2D eigenvalue weighted by Gasteiger charge is 2.21. The van der Waals surface area contributed by atoms with Crippen LogP contribution in [0.5, 0.6) is 0 Å². The van der Waals surface area contributed by atoms with Gasteiger partial charge in [0.25, 0.3) is 0 Å². The van der Waals surface area contributed by atoms with Crippen molar-refractivity contribution >= 4 is 10.0 Å². The van der Waals surface area contributed by atoms with E-state index in [1.165, 1.54) is 0 Å². The lowest BCUT2D eigenvalue weighted by atomic mass is 10.2. The highest BCUT2D eigenvalue weighted by atomic mass is 32.2. The van der Waals surface area contributed by atoms with Crippen LogP contribution in [0.2, 0.25) is 0 Å². The quantitative estimate of drug-likeness (QED) is 0.827. The van der Waals surface area contributed by atoms with Gasteiger partial charge in [-0.3, -0.25) is 0 Å². The SMILES string of the molecule is CC(CCCO)NS(=O)(=O)c1ccc(F)cc1F. The van der Waals surface area contributed by atoms with Crippen LogP contribution in [-0.2, 0) is 10.0 Å². The van der Waals surface area contributed by atoms with Gasteiger partial charge in [-0.1, -0.05) is 0 Å². The third-order valence-corrected chi connectivity index (χ3v) is 3.96. The average molecular weight is 279 g/mol. The summed E-state index contributed by atoms with van der Waals surface area (Å²) in [7, 11) is -4.01. The van der Waals surface area contributed by atoms with Crippen molar-refractivity contribution in [2.45, 2.75) is 30.7 Å². The Bertz CT molecular complexity index is 505. The molecule has 0 aliphatic rings. The first-order valence-corrected chi connectivity index (χ1v) is 6.93. The van der Waals surface area contributed by atoms with E-state index in [1.54, 1.807) is 6.92 Å². The summed E-state index contributed by atoms with van der Waals surface area (Å²) in [5, 5.41) is 8.63. The number of rotatable bonds is 6. The minimum absolute atomic E-state index is 0.0447. The van der Waals surface area contributed by atoms with Crippen LogP contribution < -0.4 is 4.72 Å². The van der Waals surface area contributed by atoms with Crippen molar-refractivity contribution < 1.29 is 22.3 Å². The molecule has 0 amide bonds. The van der Waals surface area contributed by atoms with Gasteiger partial charge in [-0.05, 0) is 31.9 Å². The predicted octanol–water partition coefficient (Wildman–Crippen LogP) is 1.40. The molecule has 102 valence electrons. The second-order valence-corrected chi connectivity index (χ2v) is 5.65. The Morgan fingerprint density at radius 3 is 2.61 bits per heavy atom. The molecule has 0 spiro atoms. The topological polar surface area (TPSA) is 66.4 Å². The molecule has 0 heterocycles. The third-order valence-electron chi connectivity index (χ3n) is 2.34. The molecule has 7 heteroatoms. The summed E-state index contributed by atoms with van der Waals surface area (Å²) in [6.07, 6.45) is 0.869. The maximum atomic E-state index is 13.3. The fourth-order valence-corrected chi connectivity index (χ4v) is 2.82. The summed E-state index contributed by atoms with van der Waals surface area (Å²) >= 11 is 0. The van der Waals surface area contributed by atoms with Crippen LogP contribution in [0.1, 0.15) is 19.8 Å². The first-order valence-electron chi connectivity index (χ1n) is 5.45. The Morgan fingerprint density at radius 1 is 1.39 bits per heavy atom. The number of aliphatic hydroxyl groups is 1. The zero-order valence-corrected chi connectivity index (χ0v) is 10.7. The molecule has 18 heavy (non-hydrogen) atoms. The number of sulfonamides is 1. The van der Waals surface area contributed by atoms with E-state index in [-0.39, 0.29) is 6.61 Å². The molecule has 0 aliphatic heterocycles. The fraction of sp³-hybridized carbons (Fsp3) is 0.455. The molecule has 1 aromatic carbocycles. The largest absolute Gasteiger partial charge is 0.396 e. The van der Waals surface area contributed by atoms with E-state index in [0.717, 1.165) is 12.1 Å². The zero-order chi connectivity index (χ0) is 13.8. The molecular weight excluding hydrogens is 264 g/mol. The molecule has 1 unspecified atom stereocenters. The van der Waals surface area contributed by atoms with Gasteiger partial charge in [-0.15, -0.1) is 0 Å². The van der Waals surface area contributed by atoms with Gasteiger partial charge in [-0.25, -0.2) is 21.9 Å². The monoisotopic (exact) mass is 279 g/mol. The molecule has 0 fully saturated rings. The van der Waals surface area contributed by atoms with Crippen LogP contribution in [-0.4, -0.2) is 26.2 Å². The van der Waals surface area contributed by atoms with Gasteiger partial charge < -0.3 is 5.11 Å². The lowest BCUT2D eigenvalue weighted by Crippen LogP contribution is -2.33. The van der Waals surface area contributed by atoms with E-state index in [0.29, 0.717) is 18.9 Å². The van der Waals surface area contributed by atoms with Crippen LogP contribution >= 0.6 is 0 Å². The Labute approximate surface area is 105 Å². The van der Waals surface area contributed by atoms with Gasteiger partial charge in [0.1, 0.15) is 16.5 Å². The minimum Gasteiger partial charge on any atom is -0.396 e. The van der Waals surface area contributed by atoms with E-state index < -0.39 is 32.6 Å². The van der Waals surface area contributed by atoms with Crippen molar-refractivity contribution in [3.63, 3.8) is 0 Å². The highest BCUT2D eigenvalue weighted by Crippen LogP contribution is 2.16. The summed E-state index contributed by atoms with van der Waals surface area (Å²) in [5.41, 5.74) is 0. The molecule has 4 nitrogen and oxygen atoms in total. The summed E-state index contributed by atoms with van der Waals surface area (Å²) < 4.78 is 51.9. The molecule has 0 aliphatic carbocycles. The van der Waals surface area contributed by atoms with Crippen LogP contribution in [0.25, 0.3) is 0 Å². The van der Waals surface area contributed by atoms with E-state index in [9.17, 15) is 17.2 Å². The van der Waals surface area contributed by atoms with Crippen molar-refractivity contribution in [1.29, 1.82) is 0 Å². The van der Waals surface area contributed by atoms with Gasteiger partial charge >= 0.3 is 0 Å². The minimum atomic E-state index is -4.01. The van der Waals surface area contributed by atoms with Crippen LogP contribution in [0, 0.1) is 11.6 Å². The van der Waals surface area contributed by atoms with Gasteiger partial charge in [0.2, 0.25) is 10.0 Å². The first-order chi connectivity index (χ1) is 8.36. The standard InChI is InChI=1S/C11H15F2NO3S/c1-8(3-2-6-15)14-18(16,17)11-5-4-9(12)7-10(11)13/h4-5,7-8,14-15H,2-3,6H2,1H3. The Balaban J connectivity index is 2.86. The first kappa shape index (κ1) is 15.0. The summed E-state index contributed by atoms with van der Waals surface area (Å²) in [5.74, 6) is -1.96. The molecule has 1 rings (SSSR count). The summed E-state index contributed by atoms with van der Waals surface area (Å²) in [4.78, 5) is -0.584. The lowest BCUT2D eigenvalue weighted by molar-refractivity contribution is 0.279. The number of aliphatic hydroxyl groups excluding tert-OH is 1. The Kier molecular flexibility index (Phi) is 5.18. The summed E-state index contributed by atoms with van der Waals surface area (Å²) in [6, 6.07) is 1.85. The number of hydrogen-bond acceptors (Lipinski definition) is 3. The normalized spacial score (nSPS) is 13.6. The zero-order valence-electron chi connectivity index (χ0n) is 9.86. The van der Waals surface area contributed by atoms with E-state index in [4.69, 9.17) is 5.11 Å². The van der Waals surface area contributed by atoms with Crippen LogP contribution in [0.15, 0.2) is 23.1 Å². The molecule has 0 saturated carbocycles. The Morgan fingerprint density at radius 2 is 2.06 bits per heavy atom. The number of nitrogens with one attached hydrogen (secondary N) is 1. The van der Waals surface area contributed by atoms with Crippen molar-refractivity contribution in [3.05, 3.63) is 29.8 Å².